The molecule has 0 spiro atoms. The minimum absolute atomic E-state index is 0.0710. The smallest absolute Gasteiger partial charge is 0.247 e. The summed E-state index contributed by atoms with van der Waals surface area (Å²) in [4.78, 5) is 12.5. The fraction of sp³-hybridized carbons (Fsp3) is 0.350. The lowest BCUT2D eigenvalue weighted by Gasteiger charge is -2.22. The van der Waals surface area contributed by atoms with Crippen molar-refractivity contribution in [3.05, 3.63) is 36.4 Å². The van der Waals surface area contributed by atoms with Gasteiger partial charge in [-0.2, -0.15) is 4.31 Å². The Morgan fingerprint density at radius 2 is 1.80 bits per heavy atom. The second-order valence-corrected chi connectivity index (χ2v) is 8.26. The van der Waals surface area contributed by atoms with Crippen LogP contribution in [-0.2, 0) is 14.8 Å². The van der Waals surface area contributed by atoms with E-state index in [4.69, 9.17) is 18.9 Å². The molecule has 1 amide bonds. The fourth-order valence-electron chi connectivity index (χ4n) is 2.97. The summed E-state index contributed by atoms with van der Waals surface area (Å²) in [5.41, 5.74) is 0.483. The van der Waals surface area contributed by atoms with E-state index in [2.05, 4.69) is 5.32 Å². The first kappa shape index (κ1) is 21.7. The number of benzene rings is 2. The maximum atomic E-state index is 13.2. The normalized spacial score (nSPS) is 13.1. The average Bonchev–Trinajstić information content (AvgIpc) is 2.76. The van der Waals surface area contributed by atoms with Gasteiger partial charge in [0, 0.05) is 24.4 Å². The zero-order valence-corrected chi connectivity index (χ0v) is 17.8. The number of carbonyl (C=O) groups excluding carboxylic acids is 1. The minimum Gasteiger partial charge on any atom is -0.497 e. The van der Waals surface area contributed by atoms with Crippen molar-refractivity contribution >= 4 is 21.6 Å². The number of anilines is 1. The van der Waals surface area contributed by atoms with E-state index in [0.717, 1.165) is 4.31 Å². The molecule has 0 saturated carbocycles. The fourth-order valence-corrected chi connectivity index (χ4v) is 4.55. The molecular formula is C20H24N2O7S. The van der Waals surface area contributed by atoms with E-state index in [1.165, 1.54) is 26.4 Å². The van der Waals surface area contributed by atoms with Gasteiger partial charge in [-0.25, -0.2) is 8.42 Å². The van der Waals surface area contributed by atoms with Crippen molar-refractivity contribution in [3.8, 4) is 23.0 Å². The second-order valence-electron chi connectivity index (χ2n) is 6.35. The van der Waals surface area contributed by atoms with Gasteiger partial charge in [0.05, 0.1) is 20.8 Å². The van der Waals surface area contributed by atoms with E-state index in [9.17, 15) is 13.2 Å². The molecule has 162 valence electrons. The number of nitrogens with zero attached hydrogens (tertiary/aromatic N) is 1. The molecule has 1 heterocycles. The number of carbonyl (C=O) groups is 1. The standard InChI is InChI=1S/C20H24N2O7S/c1-4-22(30(24,25)19-12-15(26-2)6-8-17(19)27-3)13-20(23)21-14-5-7-16-18(11-14)29-10-9-28-16/h5-8,11-12H,4,9-10,13H2,1-3H3,(H,21,23). The molecule has 0 aromatic heterocycles. The molecule has 0 aliphatic carbocycles. The van der Waals surface area contributed by atoms with Crippen LogP contribution in [0.15, 0.2) is 41.3 Å². The molecular weight excluding hydrogens is 412 g/mol. The van der Waals surface area contributed by atoms with Gasteiger partial charge in [0.2, 0.25) is 15.9 Å². The number of likely N-dealkylation sites (N-methyl/N-ethyl adjacent to an activating group) is 1. The Bertz CT molecular complexity index is 1020. The van der Waals surface area contributed by atoms with Crippen LogP contribution in [0.4, 0.5) is 5.69 Å². The summed E-state index contributed by atoms with van der Waals surface area (Å²) < 4.78 is 48.7. The van der Waals surface area contributed by atoms with Gasteiger partial charge >= 0.3 is 0 Å². The van der Waals surface area contributed by atoms with Crippen molar-refractivity contribution in [1.29, 1.82) is 0 Å². The van der Waals surface area contributed by atoms with Crippen LogP contribution < -0.4 is 24.3 Å². The van der Waals surface area contributed by atoms with Crippen LogP contribution >= 0.6 is 0 Å². The third-order valence-electron chi connectivity index (χ3n) is 4.49. The van der Waals surface area contributed by atoms with E-state index < -0.39 is 15.9 Å². The molecule has 1 N–H and O–H groups in total. The molecule has 0 atom stereocenters. The molecule has 0 fully saturated rings. The summed E-state index contributed by atoms with van der Waals surface area (Å²) in [6.07, 6.45) is 0. The van der Waals surface area contributed by atoms with Crippen molar-refractivity contribution in [1.82, 2.24) is 4.31 Å². The van der Waals surface area contributed by atoms with Crippen LogP contribution in [0.2, 0.25) is 0 Å². The highest BCUT2D eigenvalue weighted by Crippen LogP contribution is 2.33. The first-order valence-electron chi connectivity index (χ1n) is 9.30. The Labute approximate surface area is 175 Å². The highest BCUT2D eigenvalue weighted by Gasteiger charge is 2.29. The highest BCUT2D eigenvalue weighted by molar-refractivity contribution is 7.89. The van der Waals surface area contributed by atoms with Gasteiger partial charge in [-0.1, -0.05) is 6.92 Å². The molecule has 9 nitrogen and oxygen atoms in total. The summed E-state index contributed by atoms with van der Waals surface area (Å²) in [5, 5.41) is 2.70. The molecule has 1 aliphatic heterocycles. The van der Waals surface area contributed by atoms with Gasteiger partial charge in [-0.3, -0.25) is 4.79 Å². The zero-order chi connectivity index (χ0) is 21.7. The average molecular weight is 436 g/mol. The summed E-state index contributed by atoms with van der Waals surface area (Å²) in [5.74, 6) is 1.17. The summed E-state index contributed by atoms with van der Waals surface area (Å²) in [7, 11) is -1.18. The third-order valence-corrected chi connectivity index (χ3v) is 6.43. The maximum Gasteiger partial charge on any atom is 0.247 e. The van der Waals surface area contributed by atoms with E-state index in [1.807, 2.05) is 0 Å². The van der Waals surface area contributed by atoms with Gasteiger partial charge in [-0.15, -0.1) is 0 Å². The Hall–Kier alpha value is -2.98. The molecule has 2 aromatic rings. The number of sulfonamides is 1. The summed E-state index contributed by atoms with van der Waals surface area (Å²) in [6.45, 7) is 2.27. The van der Waals surface area contributed by atoms with Gasteiger partial charge < -0.3 is 24.3 Å². The lowest BCUT2D eigenvalue weighted by Crippen LogP contribution is -2.38. The number of hydrogen-bond donors (Lipinski definition) is 1. The topological polar surface area (TPSA) is 103 Å². The Balaban J connectivity index is 1.78. The van der Waals surface area contributed by atoms with Crippen molar-refractivity contribution in [3.63, 3.8) is 0 Å². The highest BCUT2D eigenvalue weighted by atomic mass is 32.2. The summed E-state index contributed by atoms with van der Waals surface area (Å²) in [6, 6.07) is 9.48. The third kappa shape index (κ3) is 4.60. The number of fused-ring (bicyclic) bond motifs is 1. The predicted octanol–water partition coefficient (Wildman–Crippen LogP) is 2.12. The lowest BCUT2D eigenvalue weighted by atomic mass is 10.2. The number of amides is 1. The first-order valence-corrected chi connectivity index (χ1v) is 10.7. The molecule has 1 aliphatic rings. The predicted molar refractivity (Wildman–Crippen MR) is 110 cm³/mol. The van der Waals surface area contributed by atoms with Crippen molar-refractivity contribution < 1.29 is 32.2 Å². The molecule has 0 unspecified atom stereocenters. The van der Waals surface area contributed by atoms with Gasteiger partial charge in [0.15, 0.2) is 11.5 Å². The number of hydrogen-bond acceptors (Lipinski definition) is 7. The van der Waals surface area contributed by atoms with Crippen LogP contribution in [0.25, 0.3) is 0 Å². The summed E-state index contributed by atoms with van der Waals surface area (Å²) >= 11 is 0. The quantitative estimate of drug-likeness (QED) is 0.676. The SMILES string of the molecule is CCN(CC(=O)Nc1ccc2c(c1)OCCO2)S(=O)(=O)c1cc(OC)ccc1OC. The molecule has 0 saturated heterocycles. The number of methoxy groups -OCH3 is 2. The van der Waals surface area contributed by atoms with Crippen LogP contribution in [0.5, 0.6) is 23.0 Å². The maximum absolute atomic E-state index is 13.2. The minimum atomic E-state index is -4.01. The second kappa shape index (κ2) is 9.23. The van der Waals surface area contributed by atoms with E-state index in [-0.39, 0.29) is 23.7 Å². The van der Waals surface area contributed by atoms with E-state index in [0.29, 0.717) is 36.1 Å². The molecule has 3 rings (SSSR count). The monoisotopic (exact) mass is 436 g/mol. The van der Waals surface area contributed by atoms with Crippen molar-refractivity contribution in [2.24, 2.45) is 0 Å². The van der Waals surface area contributed by atoms with Crippen LogP contribution in [0, 0.1) is 0 Å². The van der Waals surface area contributed by atoms with Gasteiger partial charge in [-0.05, 0) is 24.3 Å². The van der Waals surface area contributed by atoms with E-state index >= 15 is 0 Å². The van der Waals surface area contributed by atoms with Crippen molar-refractivity contribution in [2.75, 3.05) is 45.8 Å². The van der Waals surface area contributed by atoms with Crippen LogP contribution in [0.3, 0.4) is 0 Å². The van der Waals surface area contributed by atoms with Crippen molar-refractivity contribution in [2.45, 2.75) is 11.8 Å². The number of ether oxygens (including phenoxy) is 4. The largest absolute Gasteiger partial charge is 0.497 e. The first-order chi connectivity index (χ1) is 14.4. The van der Waals surface area contributed by atoms with E-state index in [1.54, 1.807) is 31.2 Å². The van der Waals surface area contributed by atoms with Crippen LogP contribution in [0.1, 0.15) is 6.92 Å². The number of nitrogens with one attached hydrogen (secondary N) is 1. The Kier molecular flexibility index (Phi) is 6.68. The molecule has 10 heteroatoms. The van der Waals surface area contributed by atoms with Crippen LogP contribution in [-0.4, -0.2) is 59.2 Å². The molecule has 30 heavy (non-hydrogen) atoms. The Morgan fingerprint density at radius 3 is 2.47 bits per heavy atom. The number of rotatable bonds is 8. The van der Waals surface area contributed by atoms with Gasteiger partial charge in [0.25, 0.3) is 0 Å². The molecule has 0 radical (unpaired) electrons. The lowest BCUT2D eigenvalue weighted by molar-refractivity contribution is -0.116. The van der Waals surface area contributed by atoms with Gasteiger partial charge in [0.1, 0.15) is 29.6 Å². The molecule has 0 bridgehead atoms. The zero-order valence-electron chi connectivity index (χ0n) is 17.0. The molecule has 2 aromatic carbocycles. The Morgan fingerprint density at radius 1 is 1.07 bits per heavy atom.